The van der Waals surface area contributed by atoms with Gasteiger partial charge >= 0.3 is 11.6 Å². The van der Waals surface area contributed by atoms with Gasteiger partial charge in [-0.25, -0.2) is 4.79 Å². The van der Waals surface area contributed by atoms with Crippen LogP contribution in [0.15, 0.2) is 27.6 Å². The summed E-state index contributed by atoms with van der Waals surface area (Å²) in [4.78, 5) is 36.5. The molecule has 0 aromatic carbocycles. The van der Waals surface area contributed by atoms with Crippen molar-refractivity contribution in [1.29, 1.82) is 0 Å². The molecule has 172 valence electrons. The Morgan fingerprint density at radius 2 is 1.88 bits per heavy atom. The Kier molecular flexibility index (Phi) is 4.23. The van der Waals surface area contributed by atoms with Crippen molar-refractivity contribution in [2.45, 2.75) is 89.4 Å². The lowest BCUT2D eigenvalue weighted by atomic mass is 9.44. The van der Waals surface area contributed by atoms with Gasteiger partial charge in [-0.1, -0.05) is 13.8 Å². The van der Waals surface area contributed by atoms with Crippen molar-refractivity contribution in [1.82, 2.24) is 0 Å². The van der Waals surface area contributed by atoms with Crippen molar-refractivity contribution >= 4 is 11.8 Å². The van der Waals surface area contributed by atoms with E-state index in [-0.39, 0.29) is 51.9 Å². The molecule has 6 heteroatoms. The number of carbonyl (C=O) groups excluding carboxylic acids is 2. The van der Waals surface area contributed by atoms with Crippen LogP contribution < -0.4 is 5.63 Å². The van der Waals surface area contributed by atoms with Crippen LogP contribution in [-0.4, -0.2) is 29.6 Å². The van der Waals surface area contributed by atoms with Crippen LogP contribution in [0.2, 0.25) is 0 Å². The third kappa shape index (κ3) is 2.48. The van der Waals surface area contributed by atoms with Gasteiger partial charge in [-0.2, -0.15) is 0 Å². The van der Waals surface area contributed by atoms with Gasteiger partial charge in [-0.05, 0) is 79.7 Å². The molecular weight excluding hydrogens is 408 g/mol. The summed E-state index contributed by atoms with van der Waals surface area (Å²) >= 11 is 0. The number of hydrogen-bond acceptors (Lipinski definition) is 6. The number of ether oxygens (including phenoxy) is 2. The first-order valence-electron chi connectivity index (χ1n) is 12.2. The molecule has 6 rings (SSSR count). The van der Waals surface area contributed by atoms with E-state index >= 15 is 0 Å². The van der Waals surface area contributed by atoms with Crippen molar-refractivity contribution in [3.05, 3.63) is 34.4 Å². The summed E-state index contributed by atoms with van der Waals surface area (Å²) in [5.41, 5.74) is -0.0257. The number of ketones is 1. The van der Waals surface area contributed by atoms with E-state index in [4.69, 9.17) is 13.9 Å². The van der Waals surface area contributed by atoms with Crippen LogP contribution in [0.4, 0.5) is 0 Å². The van der Waals surface area contributed by atoms with E-state index in [2.05, 4.69) is 13.8 Å². The summed E-state index contributed by atoms with van der Waals surface area (Å²) in [6, 6.07) is 3.18. The van der Waals surface area contributed by atoms with Crippen LogP contribution in [-0.2, 0) is 19.1 Å². The first-order chi connectivity index (χ1) is 15.2. The highest BCUT2D eigenvalue weighted by Gasteiger charge is 2.84. The number of carbonyl (C=O) groups is 2. The van der Waals surface area contributed by atoms with E-state index in [0.29, 0.717) is 17.8 Å². The quantitative estimate of drug-likeness (QED) is 0.510. The van der Waals surface area contributed by atoms with E-state index < -0.39 is 0 Å². The molecule has 4 aliphatic carbocycles. The standard InChI is InChI=1S/C26H32O6/c1-14(27)31-17-8-10-24(2)16(12-17)5-6-19-18(24)9-11-25(3)21(15-4-7-20(28)30-13-15)22(29)23-26(19,25)32-23/h4,7,13,16-19,21,23H,5-6,8-12H2,1-3H3/t16-,17+,18+,19-,21+,23-,24+,25-,26-/m1/s1. The Balaban J connectivity index is 1.32. The Morgan fingerprint density at radius 1 is 1.06 bits per heavy atom. The minimum absolute atomic E-state index is 0.0456. The van der Waals surface area contributed by atoms with Crippen LogP contribution in [0, 0.1) is 28.6 Å². The summed E-state index contributed by atoms with van der Waals surface area (Å²) in [5.74, 6) is 1.17. The molecule has 6 nitrogen and oxygen atoms in total. The molecule has 1 aromatic rings. The number of esters is 1. The maximum atomic E-state index is 13.5. The molecule has 0 N–H and O–H groups in total. The van der Waals surface area contributed by atoms with Gasteiger partial charge in [0.05, 0.1) is 12.2 Å². The molecule has 1 aliphatic heterocycles. The molecular formula is C26H32O6. The molecule has 0 radical (unpaired) electrons. The molecule has 0 amide bonds. The third-order valence-corrected chi connectivity index (χ3v) is 10.3. The molecule has 1 aromatic heterocycles. The zero-order valence-electron chi connectivity index (χ0n) is 19.1. The van der Waals surface area contributed by atoms with Crippen molar-refractivity contribution < 1.29 is 23.5 Å². The highest BCUT2D eigenvalue weighted by Crippen LogP contribution is 2.76. The fraction of sp³-hybridized carbons (Fsp3) is 0.731. The predicted octanol–water partition coefficient (Wildman–Crippen LogP) is 4.01. The topological polar surface area (TPSA) is 86.1 Å². The highest BCUT2D eigenvalue weighted by atomic mass is 16.6. The Bertz CT molecular complexity index is 1020. The molecule has 0 unspecified atom stereocenters. The minimum Gasteiger partial charge on any atom is -0.463 e. The number of epoxide rings is 1. The maximum Gasteiger partial charge on any atom is 0.335 e. The van der Waals surface area contributed by atoms with Crippen molar-refractivity contribution in [2.24, 2.45) is 28.6 Å². The van der Waals surface area contributed by atoms with Gasteiger partial charge in [0.25, 0.3) is 0 Å². The Hall–Kier alpha value is -1.95. The Labute approximate surface area is 188 Å². The van der Waals surface area contributed by atoms with Gasteiger partial charge < -0.3 is 13.9 Å². The smallest absolute Gasteiger partial charge is 0.335 e. The number of hydrogen-bond donors (Lipinski definition) is 0. The van der Waals surface area contributed by atoms with Gasteiger partial charge in [0.15, 0.2) is 5.78 Å². The average Bonchev–Trinajstić information content (AvgIpc) is 3.45. The summed E-state index contributed by atoms with van der Waals surface area (Å²) in [6.45, 7) is 6.17. The number of rotatable bonds is 2. The summed E-state index contributed by atoms with van der Waals surface area (Å²) in [5, 5.41) is 0. The van der Waals surface area contributed by atoms with Gasteiger partial charge in [0, 0.05) is 18.4 Å². The van der Waals surface area contributed by atoms with Gasteiger partial charge in [0.2, 0.25) is 0 Å². The first-order valence-corrected chi connectivity index (χ1v) is 12.2. The summed E-state index contributed by atoms with van der Waals surface area (Å²) < 4.78 is 17.1. The second-order valence-corrected chi connectivity index (χ2v) is 11.5. The van der Waals surface area contributed by atoms with Crippen molar-refractivity contribution in [3.63, 3.8) is 0 Å². The highest BCUT2D eigenvalue weighted by molar-refractivity contribution is 5.98. The third-order valence-electron chi connectivity index (χ3n) is 10.3. The van der Waals surface area contributed by atoms with E-state index in [1.54, 1.807) is 6.07 Å². The predicted molar refractivity (Wildman–Crippen MR) is 115 cm³/mol. The second kappa shape index (κ2) is 6.55. The normalized spacial score (nSPS) is 48.8. The van der Waals surface area contributed by atoms with Crippen molar-refractivity contribution in [2.75, 3.05) is 0 Å². The van der Waals surface area contributed by atoms with Crippen LogP contribution in [0.25, 0.3) is 0 Å². The molecule has 0 bridgehead atoms. The van der Waals surface area contributed by atoms with Gasteiger partial charge in [0.1, 0.15) is 17.8 Å². The average molecular weight is 441 g/mol. The second-order valence-electron chi connectivity index (χ2n) is 11.5. The maximum absolute atomic E-state index is 13.5. The van der Waals surface area contributed by atoms with E-state index in [1.165, 1.54) is 19.3 Å². The lowest BCUT2D eigenvalue weighted by Crippen LogP contribution is -2.58. The molecule has 32 heavy (non-hydrogen) atoms. The van der Waals surface area contributed by atoms with E-state index in [0.717, 1.165) is 50.5 Å². The molecule has 1 spiro atoms. The molecule has 5 aliphatic rings. The van der Waals surface area contributed by atoms with Crippen LogP contribution in [0.1, 0.15) is 77.2 Å². The zero-order valence-corrected chi connectivity index (χ0v) is 19.1. The minimum atomic E-state index is -0.389. The van der Waals surface area contributed by atoms with Crippen LogP contribution >= 0.6 is 0 Å². The zero-order chi connectivity index (χ0) is 22.5. The van der Waals surface area contributed by atoms with Crippen molar-refractivity contribution in [3.8, 4) is 0 Å². The number of fused-ring (bicyclic) bond motifs is 3. The Morgan fingerprint density at radius 3 is 2.59 bits per heavy atom. The largest absolute Gasteiger partial charge is 0.463 e. The van der Waals surface area contributed by atoms with Gasteiger partial charge in [-0.3, -0.25) is 9.59 Å². The lowest BCUT2D eigenvalue weighted by molar-refractivity contribution is -0.163. The molecule has 5 fully saturated rings. The van der Waals surface area contributed by atoms with Crippen LogP contribution in [0.3, 0.4) is 0 Å². The fourth-order valence-electron chi connectivity index (χ4n) is 8.86. The molecule has 9 atom stereocenters. The summed E-state index contributed by atoms with van der Waals surface area (Å²) in [6.07, 6.45) is 8.34. The molecule has 1 saturated heterocycles. The molecule has 4 saturated carbocycles. The molecule has 2 heterocycles. The first kappa shape index (κ1) is 20.6. The van der Waals surface area contributed by atoms with E-state index in [9.17, 15) is 14.4 Å². The lowest BCUT2D eigenvalue weighted by Gasteiger charge is -2.60. The van der Waals surface area contributed by atoms with E-state index in [1.807, 2.05) is 0 Å². The number of Topliss-reactive ketones (excluding diaryl/α,β-unsaturated/α-hetero) is 1. The van der Waals surface area contributed by atoms with Crippen LogP contribution in [0.5, 0.6) is 0 Å². The fourth-order valence-corrected chi connectivity index (χ4v) is 8.86. The monoisotopic (exact) mass is 440 g/mol. The van der Waals surface area contributed by atoms with Gasteiger partial charge in [-0.15, -0.1) is 0 Å². The SMILES string of the molecule is CC(=O)O[C@H]1CC[C@@]2(C)[C@H](CC[C@@H]3[C@@H]2CC[C@]2(C)[C@@H](c4ccc(=O)oc4)C(=O)[C@H]4O[C@@]432)C1. The summed E-state index contributed by atoms with van der Waals surface area (Å²) in [7, 11) is 0.